The maximum Gasteiger partial charge on any atom is 0.362 e. The van der Waals surface area contributed by atoms with Crippen LogP contribution in [0.2, 0.25) is 0 Å². The highest BCUT2D eigenvalue weighted by atomic mass is 16.5. The number of methoxy groups -OCH3 is 1. The molecule has 7 nitrogen and oxygen atoms in total. The highest BCUT2D eigenvalue weighted by Gasteiger charge is 2.22. The third-order valence-corrected chi connectivity index (χ3v) is 5.36. The van der Waals surface area contributed by atoms with Gasteiger partial charge in [-0.1, -0.05) is 67.6 Å². The Balaban J connectivity index is 1.56. The first-order valence-electron chi connectivity index (χ1n) is 10.6. The Kier molecular flexibility index (Phi) is 6.40. The first kappa shape index (κ1) is 22.1. The van der Waals surface area contributed by atoms with E-state index in [1.54, 1.807) is 7.11 Å². The molecule has 0 unspecified atom stereocenters. The second-order valence-electron chi connectivity index (χ2n) is 7.96. The van der Waals surface area contributed by atoms with E-state index in [4.69, 9.17) is 9.47 Å². The van der Waals surface area contributed by atoms with Crippen molar-refractivity contribution in [2.75, 3.05) is 7.11 Å². The molecule has 0 saturated heterocycles. The van der Waals surface area contributed by atoms with Gasteiger partial charge in [0.1, 0.15) is 11.5 Å². The number of carboxylic acids is 1. The number of carboxylic acid groups (broad SMARTS) is 1. The van der Waals surface area contributed by atoms with Crippen molar-refractivity contribution in [1.29, 1.82) is 0 Å². The summed E-state index contributed by atoms with van der Waals surface area (Å²) < 4.78 is 12.5. The molecule has 4 rings (SSSR count). The first-order chi connectivity index (χ1) is 15.9. The Morgan fingerprint density at radius 2 is 1.48 bits per heavy atom. The Morgan fingerprint density at radius 1 is 0.909 bits per heavy atom. The molecule has 4 aromatic rings. The Bertz CT molecular complexity index is 1230. The topological polar surface area (TPSA) is 86.5 Å². The van der Waals surface area contributed by atoms with E-state index in [1.807, 2.05) is 48.5 Å². The standard InChI is InChI=1S/C26H25N3O4/c1-17(2)19-6-8-20(9-7-19)21-10-14-23(15-11-21)33-25-24(26(30)31)27-28-29(25)16-18-4-12-22(32-3)13-5-18/h4-15,17H,16H2,1-3H3,(H,30,31). The van der Waals surface area contributed by atoms with Gasteiger partial charge in [0, 0.05) is 0 Å². The van der Waals surface area contributed by atoms with Crippen molar-refractivity contribution in [1.82, 2.24) is 15.0 Å². The van der Waals surface area contributed by atoms with E-state index < -0.39 is 5.97 Å². The molecule has 0 atom stereocenters. The quantitative estimate of drug-likeness (QED) is 0.381. The summed E-state index contributed by atoms with van der Waals surface area (Å²) in [6.45, 7) is 4.64. The van der Waals surface area contributed by atoms with Crippen LogP contribution in [0.1, 0.15) is 41.4 Å². The summed E-state index contributed by atoms with van der Waals surface area (Å²) in [6, 6.07) is 23.4. The van der Waals surface area contributed by atoms with E-state index in [-0.39, 0.29) is 11.6 Å². The minimum absolute atomic E-state index is 0.0763. The van der Waals surface area contributed by atoms with Crippen molar-refractivity contribution in [2.45, 2.75) is 26.3 Å². The highest BCUT2D eigenvalue weighted by Crippen LogP contribution is 2.29. The van der Waals surface area contributed by atoms with Gasteiger partial charge < -0.3 is 14.6 Å². The lowest BCUT2D eigenvalue weighted by Crippen LogP contribution is -2.06. The lowest BCUT2D eigenvalue weighted by Gasteiger charge is -2.11. The number of hydrogen-bond donors (Lipinski definition) is 1. The van der Waals surface area contributed by atoms with Crippen LogP contribution in [0.3, 0.4) is 0 Å². The van der Waals surface area contributed by atoms with Crippen molar-refractivity contribution in [3.05, 3.63) is 89.6 Å². The largest absolute Gasteiger partial charge is 0.497 e. The minimum atomic E-state index is -1.20. The zero-order valence-corrected chi connectivity index (χ0v) is 18.7. The number of ether oxygens (including phenoxy) is 2. The van der Waals surface area contributed by atoms with Gasteiger partial charge in [-0.05, 0) is 52.4 Å². The van der Waals surface area contributed by atoms with Crippen molar-refractivity contribution in [3.8, 4) is 28.5 Å². The smallest absolute Gasteiger partial charge is 0.362 e. The maximum atomic E-state index is 11.7. The number of aromatic carboxylic acids is 1. The van der Waals surface area contributed by atoms with E-state index in [0.29, 0.717) is 18.2 Å². The Labute approximate surface area is 192 Å². The molecule has 0 aliphatic heterocycles. The van der Waals surface area contributed by atoms with Crippen LogP contribution in [0.25, 0.3) is 11.1 Å². The van der Waals surface area contributed by atoms with E-state index >= 15 is 0 Å². The van der Waals surface area contributed by atoms with Crippen LogP contribution >= 0.6 is 0 Å². The maximum absolute atomic E-state index is 11.7. The summed E-state index contributed by atoms with van der Waals surface area (Å²) >= 11 is 0. The monoisotopic (exact) mass is 443 g/mol. The van der Waals surface area contributed by atoms with Crippen molar-refractivity contribution < 1.29 is 19.4 Å². The minimum Gasteiger partial charge on any atom is -0.497 e. The summed E-state index contributed by atoms with van der Waals surface area (Å²) in [5, 5.41) is 17.3. The second kappa shape index (κ2) is 9.56. The number of aromatic nitrogens is 3. The molecule has 1 aromatic heterocycles. The molecule has 0 saturated carbocycles. The van der Waals surface area contributed by atoms with Crippen LogP contribution < -0.4 is 9.47 Å². The summed E-state index contributed by atoms with van der Waals surface area (Å²) in [6.07, 6.45) is 0. The zero-order valence-electron chi connectivity index (χ0n) is 18.7. The molecule has 0 radical (unpaired) electrons. The van der Waals surface area contributed by atoms with Crippen LogP contribution in [0.5, 0.6) is 17.4 Å². The molecular formula is C26H25N3O4. The SMILES string of the molecule is COc1ccc(Cn2nnc(C(=O)O)c2Oc2ccc(-c3ccc(C(C)C)cc3)cc2)cc1. The van der Waals surface area contributed by atoms with Gasteiger partial charge in [0.05, 0.1) is 13.7 Å². The number of carbonyl (C=O) groups is 1. The lowest BCUT2D eigenvalue weighted by molar-refractivity contribution is 0.0687. The van der Waals surface area contributed by atoms with Crippen LogP contribution in [-0.2, 0) is 6.54 Å². The molecule has 168 valence electrons. The second-order valence-corrected chi connectivity index (χ2v) is 7.96. The molecule has 1 heterocycles. The fourth-order valence-corrected chi connectivity index (χ4v) is 3.43. The normalized spacial score (nSPS) is 10.9. The Hall–Kier alpha value is -4.13. The summed E-state index contributed by atoms with van der Waals surface area (Å²) in [4.78, 5) is 11.7. The van der Waals surface area contributed by atoms with Gasteiger partial charge in [-0.25, -0.2) is 9.48 Å². The summed E-state index contributed by atoms with van der Waals surface area (Å²) in [5.41, 5.74) is 4.10. The lowest BCUT2D eigenvalue weighted by atomic mass is 9.99. The van der Waals surface area contributed by atoms with E-state index in [9.17, 15) is 9.90 Å². The van der Waals surface area contributed by atoms with Crippen molar-refractivity contribution in [2.24, 2.45) is 0 Å². The van der Waals surface area contributed by atoms with Gasteiger partial charge in [0.25, 0.3) is 5.88 Å². The molecule has 33 heavy (non-hydrogen) atoms. The van der Waals surface area contributed by atoms with E-state index in [0.717, 1.165) is 22.4 Å². The molecule has 0 aliphatic rings. The number of nitrogens with zero attached hydrogens (tertiary/aromatic N) is 3. The van der Waals surface area contributed by atoms with Crippen molar-refractivity contribution >= 4 is 5.97 Å². The molecule has 0 fully saturated rings. The molecular weight excluding hydrogens is 418 g/mol. The van der Waals surface area contributed by atoms with Gasteiger partial charge >= 0.3 is 5.97 Å². The fraction of sp³-hybridized carbons (Fsp3) is 0.192. The van der Waals surface area contributed by atoms with Crippen LogP contribution in [-0.4, -0.2) is 33.2 Å². The molecule has 1 N–H and O–H groups in total. The zero-order chi connectivity index (χ0) is 23.4. The van der Waals surface area contributed by atoms with Gasteiger partial charge in [0.15, 0.2) is 0 Å². The molecule has 0 spiro atoms. The number of benzene rings is 3. The van der Waals surface area contributed by atoms with Crippen molar-refractivity contribution in [3.63, 3.8) is 0 Å². The molecule has 7 heteroatoms. The predicted octanol–water partition coefficient (Wildman–Crippen LogP) is 5.62. The third kappa shape index (κ3) is 5.03. The molecule has 0 aliphatic carbocycles. The van der Waals surface area contributed by atoms with Gasteiger partial charge in [-0.15, -0.1) is 5.10 Å². The average Bonchev–Trinajstić information content (AvgIpc) is 3.22. The summed E-state index contributed by atoms with van der Waals surface area (Å²) in [7, 11) is 1.60. The van der Waals surface area contributed by atoms with Crippen LogP contribution in [0.4, 0.5) is 0 Å². The van der Waals surface area contributed by atoms with Gasteiger partial charge in [0.2, 0.25) is 5.69 Å². The van der Waals surface area contributed by atoms with Gasteiger partial charge in [-0.3, -0.25) is 0 Å². The van der Waals surface area contributed by atoms with Crippen LogP contribution in [0, 0.1) is 0 Å². The van der Waals surface area contributed by atoms with Crippen LogP contribution in [0.15, 0.2) is 72.8 Å². The summed E-state index contributed by atoms with van der Waals surface area (Å²) in [5.74, 6) is 0.590. The molecule has 3 aromatic carbocycles. The third-order valence-electron chi connectivity index (χ3n) is 5.36. The molecule has 0 bridgehead atoms. The fourth-order valence-electron chi connectivity index (χ4n) is 3.43. The first-order valence-corrected chi connectivity index (χ1v) is 10.6. The molecule has 0 amide bonds. The predicted molar refractivity (Wildman–Crippen MR) is 125 cm³/mol. The van der Waals surface area contributed by atoms with E-state index in [2.05, 4.69) is 48.4 Å². The highest BCUT2D eigenvalue weighted by molar-refractivity contribution is 5.87. The number of hydrogen-bond acceptors (Lipinski definition) is 5. The Morgan fingerprint density at radius 3 is 2.03 bits per heavy atom. The van der Waals surface area contributed by atoms with E-state index in [1.165, 1.54) is 10.2 Å². The van der Waals surface area contributed by atoms with Gasteiger partial charge in [-0.2, -0.15) is 0 Å². The number of rotatable bonds is 8. The average molecular weight is 444 g/mol.